The first-order valence-corrected chi connectivity index (χ1v) is 7.67. The Labute approximate surface area is 130 Å². The Morgan fingerprint density at radius 3 is 2.25 bits per heavy atom. The normalized spacial score (nSPS) is 16.9. The predicted octanol–water partition coefficient (Wildman–Crippen LogP) is 3.55. The molecule has 1 aliphatic heterocycles. The molecule has 0 radical (unpaired) electrons. The number of halogens is 1. The van der Waals surface area contributed by atoms with E-state index < -0.39 is 0 Å². The number of hydrogen-bond donors (Lipinski definition) is 1. The maximum absolute atomic E-state index is 3.48. The van der Waals surface area contributed by atoms with Crippen LogP contribution in [-0.4, -0.2) is 31.1 Å². The zero-order chi connectivity index (χ0) is 13.7. The van der Waals surface area contributed by atoms with Gasteiger partial charge in [0.25, 0.3) is 0 Å². The van der Waals surface area contributed by atoms with Gasteiger partial charge in [0, 0.05) is 6.54 Å². The van der Waals surface area contributed by atoms with Gasteiger partial charge in [0.15, 0.2) is 0 Å². The second-order valence-electron chi connectivity index (χ2n) is 6.02. The molecule has 0 aromatic heterocycles. The first-order valence-electron chi connectivity index (χ1n) is 7.67. The monoisotopic (exact) mass is 296 g/mol. The van der Waals surface area contributed by atoms with Crippen molar-refractivity contribution in [1.82, 2.24) is 10.2 Å². The Morgan fingerprint density at radius 1 is 1.10 bits per heavy atom. The van der Waals surface area contributed by atoms with Gasteiger partial charge in [0.2, 0.25) is 0 Å². The molecule has 1 aromatic rings. The van der Waals surface area contributed by atoms with Crippen LogP contribution in [0.1, 0.15) is 36.5 Å². The highest BCUT2D eigenvalue weighted by Gasteiger charge is 2.18. The summed E-state index contributed by atoms with van der Waals surface area (Å²) in [5.41, 5.74) is 4.25. The summed E-state index contributed by atoms with van der Waals surface area (Å²) < 4.78 is 0. The van der Waals surface area contributed by atoms with Gasteiger partial charge in [-0.2, -0.15) is 0 Å². The minimum absolute atomic E-state index is 0. The lowest BCUT2D eigenvalue weighted by Crippen LogP contribution is -2.36. The highest BCUT2D eigenvalue weighted by atomic mass is 35.5. The van der Waals surface area contributed by atoms with E-state index in [0.29, 0.717) is 0 Å². The number of piperidine rings is 1. The summed E-state index contributed by atoms with van der Waals surface area (Å²) in [5.74, 6) is 0.885. The summed E-state index contributed by atoms with van der Waals surface area (Å²) in [6, 6.07) is 6.92. The van der Waals surface area contributed by atoms with E-state index in [1.165, 1.54) is 49.2 Å². The number of rotatable bonds is 5. The second-order valence-corrected chi connectivity index (χ2v) is 6.02. The Hall–Kier alpha value is -0.570. The summed E-state index contributed by atoms with van der Waals surface area (Å²) in [4.78, 5) is 2.61. The third-order valence-electron chi connectivity index (χ3n) is 4.08. The lowest BCUT2D eigenvalue weighted by molar-refractivity contribution is 0.176. The zero-order valence-corrected chi connectivity index (χ0v) is 13.9. The summed E-state index contributed by atoms with van der Waals surface area (Å²) in [6.45, 7) is 12.5. The van der Waals surface area contributed by atoms with E-state index in [9.17, 15) is 0 Å². The van der Waals surface area contributed by atoms with E-state index in [4.69, 9.17) is 0 Å². The van der Waals surface area contributed by atoms with Gasteiger partial charge in [-0.1, -0.05) is 36.2 Å². The highest BCUT2D eigenvalue weighted by molar-refractivity contribution is 5.85. The van der Waals surface area contributed by atoms with Crippen LogP contribution in [0, 0.1) is 19.8 Å². The maximum atomic E-state index is 3.48. The van der Waals surface area contributed by atoms with Crippen molar-refractivity contribution in [1.29, 1.82) is 0 Å². The quantitative estimate of drug-likeness (QED) is 0.894. The molecule has 0 amide bonds. The Balaban J connectivity index is 0.00000200. The third-order valence-corrected chi connectivity index (χ3v) is 4.08. The average molecular weight is 297 g/mol. The number of aryl methyl sites for hydroxylation is 2. The molecular formula is C17H29ClN2. The summed E-state index contributed by atoms with van der Waals surface area (Å²) >= 11 is 0. The van der Waals surface area contributed by atoms with Crippen LogP contribution >= 0.6 is 12.4 Å². The van der Waals surface area contributed by atoms with Gasteiger partial charge in [-0.15, -0.1) is 12.4 Å². The van der Waals surface area contributed by atoms with Gasteiger partial charge in [0.1, 0.15) is 0 Å². The number of benzene rings is 1. The largest absolute Gasteiger partial charge is 0.317 e. The second kappa shape index (κ2) is 8.66. The SMILES string of the molecule is CCNCC1CCN(Cc2cc(C)cc(C)c2)CC1.Cl. The fourth-order valence-corrected chi connectivity index (χ4v) is 3.12. The molecule has 1 aromatic carbocycles. The van der Waals surface area contributed by atoms with E-state index in [0.717, 1.165) is 19.0 Å². The number of nitrogens with one attached hydrogen (secondary N) is 1. The zero-order valence-electron chi connectivity index (χ0n) is 13.1. The standard InChI is InChI=1S/C17H28N2.ClH/c1-4-18-12-16-5-7-19(8-6-16)13-17-10-14(2)9-15(3)11-17;/h9-11,16,18H,4-8,12-13H2,1-3H3;1H. The molecule has 3 heteroatoms. The van der Waals surface area contributed by atoms with Gasteiger partial charge in [-0.3, -0.25) is 4.90 Å². The molecule has 0 spiro atoms. The fourth-order valence-electron chi connectivity index (χ4n) is 3.12. The Bertz CT molecular complexity index is 378. The van der Waals surface area contributed by atoms with Crippen molar-refractivity contribution >= 4 is 12.4 Å². The molecule has 2 nitrogen and oxygen atoms in total. The minimum Gasteiger partial charge on any atom is -0.317 e. The fraction of sp³-hybridized carbons (Fsp3) is 0.647. The van der Waals surface area contributed by atoms with E-state index in [1.54, 1.807) is 0 Å². The van der Waals surface area contributed by atoms with Gasteiger partial charge >= 0.3 is 0 Å². The molecule has 1 aliphatic rings. The molecule has 1 saturated heterocycles. The number of hydrogen-bond acceptors (Lipinski definition) is 2. The maximum Gasteiger partial charge on any atom is 0.0233 e. The van der Waals surface area contributed by atoms with Crippen molar-refractivity contribution in [2.24, 2.45) is 5.92 Å². The molecule has 114 valence electrons. The molecule has 20 heavy (non-hydrogen) atoms. The van der Waals surface area contributed by atoms with Crippen molar-refractivity contribution in [2.45, 2.75) is 40.2 Å². The van der Waals surface area contributed by atoms with E-state index in [-0.39, 0.29) is 12.4 Å². The van der Waals surface area contributed by atoms with E-state index in [2.05, 4.69) is 49.2 Å². The van der Waals surface area contributed by atoms with Crippen molar-refractivity contribution in [2.75, 3.05) is 26.2 Å². The first kappa shape index (κ1) is 17.5. The topological polar surface area (TPSA) is 15.3 Å². The lowest BCUT2D eigenvalue weighted by atomic mass is 9.96. The van der Waals surface area contributed by atoms with Crippen LogP contribution in [0.5, 0.6) is 0 Å². The van der Waals surface area contributed by atoms with Crippen molar-refractivity contribution in [3.05, 3.63) is 34.9 Å². The van der Waals surface area contributed by atoms with Gasteiger partial charge in [-0.25, -0.2) is 0 Å². The molecular weight excluding hydrogens is 268 g/mol. The van der Waals surface area contributed by atoms with Gasteiger partial charge in [0.05, 0.1) is 0 Å². The minimum atomic E-state index is 0. The van der Waals surface area contributed by atoms with Crippen molar-refractivity contribution in [3.8, 4) is 0 Å². The van der Waals surface area contributed by atoms with Gasteiger partial charge in [-0.05, 0) is 64.3 Å². The summed E-state index contributed by atoms with van der Waals surface area (Å²) in [5, 5.41) is 3.48. The van der Waals surface area contributed by atoms with Crippen molar-refractivity contribution in [3.63, 3.8) is 0 Å². The average Bonchev–Trinajstić information content (AvgIpc) is 2.37. The van der Waals surface area contributed by atoms with Crippen LogP contribution in [0.2, 0.25) is 0 Å². The van der Waals surface area contributed by atoms with Crippen LogP contribution < -0.4 is 5.32 Å². The van der Waals surface area contributed by atoms with Crippen LogP contribution in [0.15, 0.2) is 18.2 Å². The number of nitrogens with zero attached hydrogens (tertiary/aromatic N) is 1. The molecule has 0 saturated carbocycles. The molecule has 1 heterocycles. The molecule has 1 fully saturated rings. The van der Waals surface area contributed by atoms with Crippen LogP contribution in [-0.2, 0) is 6.54 Å². The molecule has 0 unspecified atom stereocenters. The molecule has 2 rings (SSSR count). The number of likely N-dealkylation sites (tertiary alicyclic amines) is 1. The first-order chi connectivity index (χ1) is 9.17. The Kier molecular flexibility index (Phi) is 7.57. The molecule has 0 aliphatic carbocycles. The lowest BCUT2D eigenvalue weighted by Gasteiger charge is -2.32. The predicted molar refractivity (Wildman–Crippen MR) is 89.7 cm³/mol. The van der Waals surface area contributed by atoms with E-state index in [1.807, 2.05) is 0 Å². The van der Waals surface area contributed by atoms with Crippen LogP contribution in [0.25, 0.3) is 0 Å². The van der Waals surface area contributed by atoms with Crippen LogP contribution in [0.3, 0.4) is 0 Å². The smallest absolute Gasteiger partial charge is 0.0233 e. The molecule has 0 atom stereocenters. The van der Waals surface area contributed by atoms with E-state index >= 15 is 0 Å². The summed E-state index contributed by atoms with van der Waals surface area (Å²) in [7, 11) is 0. The highest BCUT2D eigenvalue weighted by Crippen LogP contribution is 2.19. The molecule has 1 N–H and O–H groups in total. The third kappa shape index (κ3) is 5.43. The Morgan fingerprint density at radius 2 is 1.70 bits per heavy atom. The molecule has 0 bridgehead atoms. The summed E-state index contributed by atoms with van der Waals surface area (Å²) in [6.07, 6.45) is 2.69. The van der Waals surface area contributed by atoms with Crippen molar-refractivity contribution < 1.29 is 0 Å². The van der Waals surface area contributed by atoms with Gasteiger partial charge < -0.3 is 5.32 Å². The van der Waals surface area contributed by atoms with Crippen LogP contribution in [0.4, 0.5) is 0 Å².